The molecule has 0 N–H and O–H groups in total. The van der Waals surface area contributed by atoms with Gasteiger partial charge in [0.15, 0.2) is 0 Å². The van der Waals surface area contributed by atoms with Crippen molar-refractivity contribution in [2.24, 2.45) is 0 Å². The van der Waals surface area contributed by atoms with Gasteiger partial charge in [0.2, 0.25) is 0 Å². The highest BCUT2D eigenvalue weighted by atomic mass is 79.9. The van der Waals surface area contributed by atoms with Gasteiger partial charge in [0.25, 0.3) is 0 Å². The summed E-state index contributed by atoms with van der Waals surface area (Å²) in [6, 6.07) is 8.22. The minimum Gasteiger partial charge on any atom is -0.496 e. The van der Waals surface area contributed by atoms with Crippen molar-refractivity contribution in [3.05, 3.63) is 49.9 Å². The predicted molar refractivity (Wildman–Crippen MR) is 88.1 cm³/mol. The van der Waals surface area contributed by atoms with E-state index in [1.165, 1.54) is 10.1 Å². The van der Waals surface area contributed by atoms with E-state index in [4.69, 9.17) is 16.3 Å². The van der Waals surface area contributed by atoms with Crippen LogP contribution in [-0.2, 0) is 0 Å². The van der Waals surface area contributed by atoms with Crippen LogP contribution < -0.4 is 4.74 Å². The molecule has 0 bridgehead atoms. The highest BCUT2D eigenvalue weighted by Crippen LogP contribution is 2.42. The predicted octanol–water partition coefficient (Wildman–Crippen LogP) is 6.06. The molecular weight excluding hydrogens is 364 g/mol. The highest BCUT2D eigenvalue weighted by molar-refractivity contribution is 9.10. The maximum atomic E-state index is 6.62. The number of methoxy groups -OCH3 is 1. The minimum atomic E-state index is -0.128. The number of alkyl halides is 1. The second-order valence-corrected chi connectivity index (χ2v) is 7.17. The molecule has 0 aliphatic heterocycles. The summed E-state index contributed by atoms with van der Waals surface area (Å²) in [5.74, 6) is 0.867. The Balaban J connectivity index is 2.06. The van der Waals surface area contributed by atoms with E-state index in [0.29, 0.717) is 0 Å². The van der Waals surface area contributed by atoms with Gasteiger partial charge in [-0.3, -0.25) is 0 Å². The Morgan fingerprint density at radius 2 is 2.11 bits per heavy atom. The molecule has 0 fully saturated rings. The monoisotopic (exact) mass is 372 g/mol. The van der Waals surface area contributed by atoms with Gasteiger partial charge < -0.3 is 4.74 Å². The normalized spacial score (nSPS) is 12.8. The number of halogens is 2. The Hall–Kier alpha value is -0.550. The zero-order valence-electron chi connectivity index (χ0n) is 10.0. The van der Waals surface area contributed by atoms with Crippen LogP contribution in [0.1, 0.15) is 15.8 Å². The van der Waals surface area contributed by atoms with Crippen LogP contribution in [0.2, 0.25) is 0 Å². The van der Waals surface area contributed by atoms with E-state index < -0.39 is 0 Å². The first kappa shape index (κ1) is 13.4. The van der Waals surface area contributed by atoms with Gasteiger partial charge in [0.1, 0.15) is 5.75 Å². The Morgan fingerprint density at radius 1 is 1.26 bits per heavy atom. The van der Waals surface area contributed by atoms with E-state index in [9.17, 15) is 0 Å². The molecule has 19 heavy (non-hydrogen) atoms. The number of hydrogen-bond acceptors (Lipinski definition) is 3. The average molecular weight is 374 g/mol. The number of rotatable bonds is 3. The third kappa shape index (κ3) is 2.42. The van der Waals surface area contributed by atoms with E-state index >= 15 is 0 Å². The molecule has 1 nitrogen and oxygen atoms in total. The third-order valence-corrected chi connectivity index (χ3v) is 6.48. The standard InChI is InChI=1S/C14H10BrClOS2/c1-17-8-5-12(18-6-8)13(16)10-7-19-14-9(10)3-2-4-11(14)15/h2-7,13H,1H3. The molecule has 1 unspecified atom stereocenters. The van der Waals surface area contributed by atoms with E-state index in [0.717, 1.165) is 20.7 Å². The van der Waals surface area contributed by atoms with Crippen LogP contribution in [0.4, 0.5) is 0 Å². The van der Waals surface area contributed by atoms with Crippen LogP contribution in [-0.4, -0.2) is 7.11 Å². The summed E-state index contributed by atoms with van der Waals surface area (Å²) in [7, 11) is 1.67. The van der Waals surface area contributed by atoms with Crippen LogP contribution in [0.3, 0.4) is 0 Å². The van der Waals surface area contributed by atoms with Crippen LogP contribution in [0.25, 0.3) is 10.1 Å². The van der Waals surface area contributed by atoms with Crippen molar-refractivity contribution in [1.29, 1.82) is 0 Å². The molecule has 0 radical (unpaired) electrons. The van der Waals surface area contributed by atoms with E-state index in [-0.39, 0.29) is 5.38 Å². The lowest BCUT2D eigenvalue weighted by Gasteiger charge is -2.06. The molecule has 98 valence electrons. The summed E-state index contributed by atoms with van der Waals surface area (Å²) in [4.78, 5) is 1.11. The number of benzene rings is 1. The largest absolute Gasteiger partial charge is 0.496 e. The molecule has 2 heterocycles. The van der Waals surface area contributed by atoms with E-state index in [1.807, 2.05) is 17.5 Å². The van der Waals surface area contributed by atoms with Crippen molar-refractivity contribution in [3.8, 4) is 5.75 Å². The molecule has 1 atom stereocenters. The molecule has 1 aromatic carbocycles. The molecule has 0 aliphatic rings. The molecule has 2 aromatic heterocycles. The molecule has 0 saturated heterocycles. The molecule has 0 amide bonds. The van der Waals surface area contributed by atoms with Gasteiger partial charge in [-0.2, -0.15) is 0 Å². The van der Waals surface area contributed by atoms with Gasteiger partial charge in [-0.05, 0) is 44.4 Å². The maximum Gasteiger partial charge on any atom is 0.129 e. The van der Waals surface area contributed by atoms with Crippen molar-refractivity contribution < 1.29 is 4.74 Å². The summed E-state index contributed by atoms with van der Waals surface area (Å²) in [5, 5.41) is 5.21. The van der Waals surface area contributed by atoms with Crippen molar-refractivity contribution in [1.82, 2.24) is 0 Å². The molecule has 0 aliphatic carbocycles. The summed E-state index contributed by atoms with van der Waals surface area (Å²) >= 11 is 13.5. The van der Waals surface area contributed by atoms with E-state index in [1.54, 1.807) is 29.8 Å². The fraction of sp³-hybridized carbons (Fsp3) is 0.143. The SMILES string of the molecule is COc1csc(C(Cl)c2csc3c(Br)cccc23)c1. The molecule has 3 rings (SSSR count). The van der Waals surface area contributed by atoms with Crippen molar-refractivity contribution in [3.63, 3.8) is 0 Å². The zero-order chi connectivity index (χ0) is 13.4. The number of hydrogen-bond donors (Lipinski definition) is 0. The summed E-state index contributed by atoms with van der Waals surface area (Å²) < 4.78 is 7.58. The number of thiophene rings is 2. The Kier molecular flexibility index (Phi) is 3.85. The van der Waals surface area contributed by atoms with Crippen LogP contribution in [0.5, 0.6) is 5.75 Å². The Bertz CT molecular complexity index is 719. The Morgan fingerprint density at radius 3 is 2.84 bits per heavy atom. The lowest BCUT2D eigenvalue weighted by atomic mass is 10.1. The van der Waals surface area contributed by atoms with Gasteiger partial charge in [-0.15, -0.1) is 34.3 Å². The van der Waals surface area contributed by atoms with Gasteiger partial charge in [-0.25, -0.2) is 0 Å². The highest BCUT2D eigenvalue weighted by Gasteiger charge is 2.18. The summed E-state index contributed by atoms with van der Waals surface area (Å²) in [6.07, 6.45) is 0. The van der Waals surface area contributed by atoms with E-state index in [2.05, 4.69) is 33.4 Å². The van der Waals surface area contributed by atoms with Gasteiger partial charge in [0, 0.05) is 19.4 Å². The second kappa shape index (κ2) is 5.44. The Labute approximate surface area is 132 Å². The molecule has 5 heteroatoms. The van der Waals surface area contributed by atoms with Gasteiger partial charge >= 0.3 is 0 Å². The van der Waals surface area contributed by atoms with Gasteiger partial charge in [-0.1, -0.05) is 12.1 Å². The molecular formula is C14H10BrClOS2. The quantitative estimate of drug-likeness (QED) is 0.507. The number of ether oxygens (including phenoxy) is 1. The fourth-order valence-electron chi connectivity index (χ4n) is 1.97. The smallest absolute Gasteiger partial charge is 0.129 e. The van der Waals surface area contributed by atoms with Crippen LogP contribution in [0, 0.1) is 0 Å². The summed E-state index contributed by atoms with van der Waals surface area (Å²) in [5.41, 5.74) is 1.16. The number of fused-ring (bicyclic) bond motifs is 1. The lowest BCUT2D eigenvalue weighted by Crippen LogP contribution is -1.88. The third-order valence-electron chi connectivity index (χ3n) is 2.94. The molecule has 3 aromatic rings. The van der Waals surface area contributed by atoms with Gasteiger partial charge in [0.05, 0.1) is 12.5 Å². The maximum absolute atomic E-state index is 6.62. The minimum absolute atomic E-state index is 0.128. The first-order valence-electron chi connectivity index (χ1n) is 5.63. The molecule has 0 saturated carbocycles. The summed E-state index contributed by atoms with van der Waals surface area (Å²) in [6.45, 7) is 0. The first-order valence-corrected chi connectivity index (χ1v) is 8.61. The lowest BCUT2D eigenvalue weighted by molar-refractivity contribution is 0.416. The molecule has 0 spiro atoms. The first-order chi connectivity index (χ1) is 9.20. The van der Waals surface area contributed by atoms with Crippen molar-refractivity contribution in [2.45, 2.75) is 5.38 Å². The zero-order valence-corrected chi connectivity index (χ0v) is 14.0. The van der Waals surface area contributed by atoms with Crippen LogP contribution >= 0.6 is 50.2 Å². The van der Waals surface area contributed by atoms with Crippen molar-refractivity contribution in [2.75, 3.05) is 7.11 Å². The fourth-order valence-corrected chi connectivity index (χ4v) is 4.93. The average Bonchev–Trinajstić information content (AvgIpc) is 3.05. The van der Waals surface area contributed by atoms with Crippen LogP contribution in [0.15, 0.2) is 39.5 Å². The topological polar surface area (TPSA) is 9.23 Å². The van der Waals surface area contributed by atoms with Crippen molar-refractivity contribution >= 4 is 60.3 Å². The second-order valence-electron chi connectivity index (χ2n) is 4.06.